The summed E-state index contributed by atoms with van der Waals surface area (Å²) in [6.07, 6.45) is -0.240. The van der Waals surface area contributed by atoms with Gasteiger partial charge in [0.15, 0.2) is 0 Å². The molecule has 2 aromatic rings. The number of hydrogen-bond donors (Lipinski definition) is 0. The van der Waals surface area contributed by atoms with Gasteiger partial charge in [-0.05, 0) is 40.2 Å². The zero-order valence-electron chi connectivity index (χ0n) is 19.2. The summed E-state index contributed by atoms with van der Waals surface area (Å²) in [7, 11) is 0. The van der Waals surface area contributed by atoms with Crippen LogP contribution in [0.2, 0.25) is 0 Å². The third-order valence-corrected chi connectivity index (χ3v) is 6.86. The fourth-order valence-electron chi connectivity index (χ4n) is 3.96. The first-order valence-electron chi connectivity index (χ1n) is 11.0. The van der Waals surface area contributed by atoms with Crippen LogP contribution in [0.3, 0.4) is 0 Å². The van der Waals surface area contributed by atoms with Crippen LogP contribution in [0.25, 0.3) is 10.2 Å². The average Bonchev–Trinajstić information content (AvgIpc) is 3.01. The summed E-state index contributed by atoms with van der Waals surface area (Å²) < 4.78 is 11.0. The number of fused-ring (bicyclic) bond motifs is 1. The number of morpholine rings is 1. The van der Waals surface area contributed by atoms with Gasteiger partial charge in [0.25, 0.3) is 0 Å². The lowest BCUT2D eigenvalue weighted by atomic mass is 10.2. The van der Waals surface area contributed by atoms with Gasteiger partial charge < -0.3 is 19.3 Å². The van der Waals surface area contributed by atoms with Crippen molar-refractivity contribution in [3.8, 4) is 0 Å². The number of amides is 1. The predicted molar refractivity (Wildman–Crippen MR) is 123 cm³/mol. The largest absolute Gasteiger partial charge is 0.444 e. The van der Waals surface area contributed by atoms with Crippen molar-refractivity contribution in [2.24, 2.45) is 0 Å². The van der Waals surface area contributed by atoms with E-state index < -0.39 is 5.60 Å². The van der Waals surface area contributed by atoms with E-state index in [1.807, 2.05) is 20.8 Å². The Morgan fingerprint density at radius 3 is 2.39 bits per heavy atom. The van der Waals surface area contributed by atoms with Gasteiger partial charge in [-0.25, -0.2) is 14.8 Å². The van der Waals surface area contributed by atoms with Crippen LogP contribution >= 0.6 is 11.3 Å². The molecule has 0 aromatic carbocycles. The normalized spacial score (nSPS) is 18.6. The van der Waals surface area contributed by atoms with Crippen molar-refractivity contribution in [3.05, 3.63) is 16.3 Å². The molecular weight excluding hydrogens is 414 g/mol. The molecule has 0 unspecified atom stereocenters. The Morgan fingerprint density at radius 1 is 1.06 bits per heavy atom. The molecule has 0 radical (unpaired) electrons. The molecule has 4 heterocycles. The molecule has 0 bridgehead atoms. The standard InChI is InChI=1S/C22H33N5O3S/c1-15-16(2)31-20-18(15)19(23-17(24-20)14-25-10-12-29-13-11-25)26-6-8-27(9-7-26)21(28)30-22(3,4)5/h6-14H2,1-5H3. The number of anilines is 1. The topological polar surface area (TPSA) is 71.0 Å². The van der Waals surface area contributed by atoms with Crippen LogP contribution in [0.1, 0.15) is 37.0 Å². The summed E-state index contributed by atoms with van der Waals surface area (Å²) in [5.74, 6) is 1.86. The molecule has 2 fully saturated rings. The number of aryl methyl sites for hydroxylation is 2. The van der Waals surface area contributed by atoms with Crippen molar-refractivity contribution >= 4 is 33.5 Å². The quantitative estimate of drug-likeness (QED) is 0.716. The molecule has 1 amide bonds. The molecule has 0 N–H and O–H groups in total. The van der Waals surface area contributed by atoms with Crippen molar-refractivity contribution < 1.29 is 14.3 Å². The fraction of sp³-hybridized carbons (Fsp3) is 0.682. The maximum atomic E-state index is 12.4. The van der Waals surface area contributed by atoms with Crippen LogP contribution in [-0.2, 0) is 16.0 Å². The summed E-state index contributed by atoms with van der Waals surface area (Å²) in [5, 5.41) is 1.15. The smallest absolute Gasteiger partial charge is 0.410 e. The van der Waals surface area contributed by atoms with E-state index in [0.717, 1.165) is 67.8 Å². The summed E-state index contributed by atoms with van der Waals surface area (Å²) in [6.45, 7) is 16.8. The Kier molecular flexibility index (Phi) is 6.37. The average molecular weight is 448 g/mol. The summed E-state index contributed by atoms with van der Waals surface area (Å²) in [6, 6.07) is 0. The molecule has 2 aromatic heterocycles. The minimum Gasteiger partial charge on any atom is -0.444 e. The van der Waals surface area contributed by atoms with E-state index in [2.05, 4.69) is 23.6 Å². The highest BCUT2D eigenvalue weighted by Crippen LogP contribution is 2.35. The number of thiophene rings is 1. The minimum atomic E-state index is -0.479. The van der Waals surface area contributed by atoms with Crippen molar-refractivity contribution in [2.45, 2.75) is 46.8 Å². The van der Waals surface area contributed by atoms with Crippen LogP contribution in [0.4, 0.5) is 10.6 Å². The van der Waals surface area contributed by atoms with Gasteiger partial charge in [0.05, 0.1) is 25.1 Å². The van der Waals surface area contributed by atoms with Crippen molar-refractivity contribution in [1.82, 2.24) is 19.8 Å². The number of ether oxygens (including phenoxy) is 2. The van der Waals surface area contributed by atoms with Gasteiger partial charge in [-0.15, -0.1) is 11.3 Å². The van der Waals surface area contributed by atoms with Gasteiger partial charge in [-0.3, -0.25) is 4.90 Å². The Morgan fingerprint density at radius 2 is 1.74 bits per heavy atom. The molecule has 31 heavy (non-hydrogen) atoms. The number of hydrogen-bond acceptors (Lipinski definition) is 8. The van der Waals surface area contributed by atoms with Crippen molar-refractivity contribution in [3.63, 3.8) is 0 Å². The minimum absolute atomic E-state index is 0.240. The molecule has 0 saturated carbocycles. The zero-order valence-corrected chi connectivity index (χ0v) is 20.0. The molecule has 2 aliphatic rings. The molecule has 9 heteroatoms. The van der Waals surface area contributed by atoms with E-state index >= 15 is 0 Å². The molecule has 2 aliphatic heterocycles. The molecule has 0 spiro atoms. The third-order valence-electron chi connectivity index (χ3n) is 5.76. The van der Waals surface area contributed by atoms with Crippen molar-refractivity contribution in [1.29, 1.82) is 0 Å². The van der Waals surface area contributed by atoms with Crippen LogP contribution in [0.15, 0.2) is 0 Å². The third kappa shape index (κ3) is 5.10. The maximum absolute atomic E-state index is 12.4. The number of aromatic nitrogens is 2. The van der Waals surface area contributed by atoms with Gasteiger partial charge in [-0.1, -0.05) is 0 Å². The highest BCUT2D eigenvalue weighted by atomic mass is 32.1. The van der Waals surface area contributed by atoms with Gasteiger partial charge in [0.1, 0.15) is 22.1 Å². The van der Waals surface area contributed by atoms with Crippen LogP contribution < -0.4 is 4.90 Å². The zero-order chi connectivity index (χ0) is 22.2. The van der Waals surface area contributed by atoms with Crippen LogP contribution in [0.5, 0.6) is 0 Å². The molecule has 170 valence electrons. The van der Waals surface area contributed by atoms with Crippen LogP contribution in [-0.4, -0.2) is 83.9 Å². The second-order valence-corrected chi connectivity index (χ2v) is 10.5. The second-order valence-electron chi connectivity index (χ2n) is 9.27. The maximum Gasteiger partial charge on any atom is 0.410 e. The number of carbonyl (C=O) groups excluding carboxylic acids is 1. The lowest BCUT2D eigenvalue weighted by Gasteiger charge is -2.36. The van der Waals surface area contributed by atoms with E-state index in [0.29, 0.717) is 13.1 Å². The Bertz CT molecular complexity index is 941. The summed E-state index contributed by atoms with van der Waals surface area (Å²) >= 11 is 1.74. The molecule has 4 rings (SSSR count). The highest BCUT2D eigenvalue weighted by Gasteiger charge is 2.28. The molecule has 2 saturated heterocycles. The number of rotatable bonds is 3. The van der Waals surface area contributed by atoms with Gasteiger partial charge in [0, 0.05) is 44.1 Å². The fourth-order valence-corrected chi connectivity index (χ4v) is 5.00. The first kappa shape index (κ1) is 22.2. The number of carbonyl (C=O) groups is 1. The van der Waals surface area contributed by atoms with E-state index in [1.165, 1.54) is 10.4 Å². The van der Waals surface area contributed by atoms with Crippen molar-refractivity contribution in [2.75, 3.05) is 57.4 Å². The number of nitrogens with zero attached hydrogens (tertiary/aromatic N) is 5. The Balaban J connectivity index is 1.55. The van der Waals surface area contributed by atoms with Gasteiger partial charge in [0.2, 0.25) is 0 Å². The molecule has 8 nitrogen and oxygen atoms in total. The van der Waals surface area contributed by atoms with Gasteiger partial charge in [-0.2, -0.15) is 0 Å². The van der Waals surface area contributed by atoms with E-state index in [1.54, 1.807) is 16.2 Å². The molecular formula is C22H33N5O3S. The SMILES string of the molecule is Cc1sc2nc(CN3CCOCC3)nc(N3CCN(C(=O)OC(C)(C)C)CC3)c2c1C. The van der Waals surface area contributed by atoms with E-state index in [4.69, 9.17) is 19.4 Å². The summed E-state index contributed by atoms with van der Waals surface area (Å²) in [5.41, 5.74) is 0.773. The molecule has 0 aliphatic carbocycles. The first-order chi connectivity index (χ1) is 14.7. The summed E-state index contributed by atoms with van der Waals surface area (Å²) in [4.78, 5) is 31.2. The van der Waals surface area contributed by atoms with Gasteiger partial charge >= 0.3 is 6.09 Å². The Hall–Kier alpha value is -1.97. The van der Waals surface area contributed by atoms with E-state index in [-0.39, 0.29) is 6.09 Å². The monoisotopic (exact) mass is 447 g/mol. The molecule has 0 atom stereocenters. The van der Waals surface area contributed by atoms with Crippen LogP contribution in [0, 0.1) is 13.8 Å². The Labute approximate surface area is 188 Å². The first-order valence-corrected chi connectivity index (χ1v) is 11.8. The second kappa shape index (κ2) is 8.88. The predicted octanol–water partition coefficient (Wildman–Crippen LogP) is 3.20. The number of piperazine rings is 1. The lowest BCUT2D eigenvalue weighted by molar-refractivity contribution is 0.0240. The lowest BCUT2D eigenvalue weighted by Crippen LogP contribution is -2.50. The van der Waals surface area contributed by atoms with E-state index in [9.17, 15) is 4.79 Å². The highest BCUT2D eigenvalue weighted by molar-refractivity contribution is 7.18.